The summed E-state index contributed by atoms with van der Waals surface area (Å²) in [4.78, 5) is 21.7. The number of amides is 1. The molecule has 0 aliphatic rings. The van der Waals surface area contributed by atoms with Gasteiger partial charge in [0, 0.05) is 5.69 Å². The van der Waals surface area contributed by atoms with E-state index in [1.165, 1.54) is 7.11 Å². The highest BCUT2D eigenvalue weighted by molar-refractivity contribution is 7.86. The summed E-state index contributed by atoms with van der Waals surface area (Å²) in [7, 11) is -3.81. The Hall–Kier alpha value is -3.91. The number of hydrogen-bond acceptors (Lipinski definition) is 9. The smallest absolute Gasteiger partial charge is 0.301 e. The Morgan fingerprint density at radius 3 is 2.55 bits per heavy atom. The lowest BCUT2D eigenvalue weighted by atomic mass is 10.2. The third-order valence-corrected chi connectivity index (χ3v) is 4.55. The van der Waals surface area contributed by atoms with Crippen molar-refractivity contribution in [2.75, 3.05) is 12.4 Å². The van der Waals surface area contributed by atoms with Gasteiger partial charge in [-0.25, -0.2) is 0 Å². The highest BCUT2D eigenvalue weighted by Gasteiger charge is 2.29. The maximum atomic E-state index is 12.5. The number of carbonyl (C=O) groups is 1. The molecule has 13 nitrogen and oxygen atoms in total. The van der Waals surface area contributed by atoms with Crippen LogP contribution < -0.4 is 10.1 Å². The van der Waals surface area contributed by atoms with Gasteiger partial charge in [-0.15, -0.1) is 5.10 Å². The quantitative estimate of drug-likeness (QED) is 0.333. The maximum absolute atomic E-state index is 12.5. The van der Waals surface area contributed by atoms with Crippen molar-refractivity contribution in [3.05, 3.63) is 58.4 Å². The highest BCUT2D eigenvalue weighted by Crippen LogP contribution is 2.34. The van der Waals surface area contributed by atoms with Gasteiger partial charge in [-0.1, -0.05) is 18.2 Å². The monoisotopic (exact) mass is 420 g/mol. The number of ether oxygens (including phenoxy) is 1. The molecule has 29 heavy (non-hydrogen) atoms. The van der Waals surface area contributed by atoms with Gasteiger partial charge in [0.15, 0.2) is 10.6 Å². The molecule has 14 heteroatoms. The molecule has 1 aromatic heterocycles. The minimum Gasteiger partial charge on any atom is -0.494 e. The molecule has 1 heterocycles. The number of benzene rings is 2. The molecule has 0 spiro atoms. The number of anilines is 1. The van der Waals surface area contributed by atoms with Crippen LogP contribution in [0.1, 0.15) is 10.6 Å². The fraction of sp³-hybridized carbons (Fsp3) is 0.0667. The fourth-order valence-electron chi connectivity index (χ4n) is 2.42. The number of nitrogens with one attached hydrogen (secondary N) is 1. The summed E-state index contributed by atoms with van der Waals surface area (Å²) in [5.74, 6) is -1.30. The molecule has 0 fully saturated rings. The van der Waals surface area contributed by atoms with Crippen LogP contribution in [0.15, 0.2) is 47.4 Å². The molecule has 2 aromatic carbocycles. The molecule has 1 amide bonds. The van der Waals surface area contributed by atoms with Crippen molar-refractivity contribution in [3.63, 3.8) is 0 Å². The van der Waals surface area contributed by atoms with Crippen molar-refractivity contribution in [1.82, 2.24) is 20.2 Å². The second kappa shape index (κ2) is 7.61. The molecule has 3 aromatic rings. The first-order valence-electron chi connectivity index (χ1n) is 7.71. The Morgan fingerprint density at radius 2 is 1.97 bits per heavy atom. The van der Waals surface area contributed by atoms with Crippen molar-refractivity contribution in [1.29, 1.82) is 0 Å². The van der Waals surface area contributed by atoms with E-state index in [2.05, 4.69) is 20.8 Å². The third kappa shape index (κ3) is 4.02. The van der Waals surface area contributed by atoms with Gasteiger partial charge in [0.2, 0.25) is 5.82 Å². The zero-order valence-electron chi connectivity index (χ0n) is 14.6. The topological polar surface area (TPSA) is 179 Å². The van der Waals surface area contributed by atoms with Crippen molar-refractivity contribution in [3.8, 4) is 11.4 Å². The van der Waals surface area contributed by atoms with Crippen LogP contribution in [0, 0.1) is 10.1 Å². The van der Waals surface area contributed by atoms with Crippen LogP contribution >= 0.6 is 0 Å². The summed E-state index contributed by atoms with van der Waals surface area (Å²) in [6, 6.07) is 9.88. The number of nitro groups is 1. The average Bonchev–Trinajstić information content (AvgIpc) is 3.16. The van der Waals surface area contributed by atoms with Crippen LogP contribution in [-0.4, -0.2) is 51.1 Å². The van der Waals surface area contributed by atoms with E-state index in [-0.39, 0.29) is 17.3 Å². The molecule has 0 aliphatic carbocycles. The van der Waals surface area contributed by atoms with E-state index in [9.17, 15) is 27.9 Å². The van der Waals surface area contributed by atoms with Crippen molar-refractivity contribution in [2.45, 2.75) is 4.90 Å². The first-order valence-corrected chi connectivity index (χ1v) is 9.15. The molecule has 0 saturated carbocycles. The molecule has 0 saturated heterocycles. The van der Waals surface area contributed by atoms with Gasteiger partial charge in [0.1, 0.15) is 5.69 Å². The summed E-state index contributed by atoms with van der Waals surface area (Å²) < 4.78 is 38.5. The number of methoxy groups -OCH3 is 1. The number of carbonyl (C=O) groups excluding carboxylic acids is 1. The van der Waals surface area contributed by atoms with E-state index in [0.717, 1.165) is 16.8 Å². The Bertz CT molecular complexity index is 1190. The number of aromatic nitrogens is 4. The molecular formula is C15H12N6O7S. The van der Waals surface area contributed by atoms with E-state index in [1.54, 1.807) is 30.3 Å². The zero-order chi connectivity index (χ0) is 21.2. The van der Waals surface area contributed by atoms with Crippen molar-refractivity contribution in [2.24, 2.45) is 0 Å². The summed E-state index contributed by atoms with van der Waals surface area (Å²) in [6.45, 7) is 0. The van der Waals surface area contributed by atoms with Crippen LogP contribution in [0.25, 0.3) is 5.69 Å². The van der Waals surface area contributed by atoms with Crippen LogP contribution in [0.4, 0.5) is 11.4 Å². The van der Waals surface area contributed by atoms with Gasteiger partial charge >= 0.3 is 10.1 Å². The molecular weight excluding hydrogens is 408 g/mol. The Labute approximate surface area is 162 Å². The van der Waals surface area contributed by atoms with E-state index in [4.69, 9.17) is 4.74 Å². The molecule has 0 unspecified atom stereocenters. The van der Waals surface area contributed by atoms with Crippen LogP contribution in [0.5, 0.6) is 5.75 Å². The second-order valence-corrected chi connectivity index (χ2v) is 6.85. The number of hydrogen-bond donors (Lipinski definition) is 2. The SMILES string of the molecule is COc1cc([N+](=O)[O-])c(S(=O)(=O)O)cc1-n1nnnc1C(=O)Nc1ccccc1. The lowest BCUT2D eigenvalue weighted by Crippen LogP contribution is -2.19. The predicted octanol–water partition coefficient (Wildman–Crippen LogP) is 1.08. The van der Waals surface area contributed by atoms with E-state index in [1.807, 2.05) is 0 Å². The van der Waals surface area contributed by atoms with Crippen LogP contribution in [-0.2, 0) is 10.1 Å². The van der Waals surface area contributed by atoms with Crippen LogP contribution in [0.2, 0.25) is 0 Å². The third-order valence-electron chi connectivity index (χ3n) is 3.67. The largest absolute Gasteiger partial charge is 0.494 e. The van der Waals surface area contributed by atoms with Crippen molar-refractivity contribution >= 4 is 27.4 Å². The minimum absolute atomic E-state index is 0.204. The van der Waals surface area contributed by atoms with Gasteiger partial charge in [0.25, 0.3) is 11.6 Å². The molecule has 0 bridgehead atoms. The minimum atomic E-state index is -4.98. The average molecular weight is 420 g/mol. The van der Waals surface area contributed by atoms with E-state index >= 15 is 0 Å². The van der Waals surface area contributed by atoms with Gasteiger partial charge in [-0.2, -0.15) is 13.1 Å². The molecule has 0 radical (unpaired) electrons. The van der Waals surface area contributed by atoms with Gasteiger partial charge in [0.05, 0.1) is 18.1 Å². The van der Waals surface area contributed by atoms with Gasteiger partial charge in [-0.05, 0) is 28.6 Å². The van der Waals surface area contributed by atoms with Gasteiger partial charge in [-0.3, -0.25) is 19.5 Å². The highest BCUT2D eigenvalue weighted by atomic mass is 32.2. The number of para-hydroxylation sites is 1. The van der Waals surface area contributed by atoms with Crippen molar-refractivity contribution < 1.29 is 27.4 Å². The molecule has 0 aliphatic heterocycles. The maximum Gasteiger partial charge on any atom is 0.301 e. The summed E-state index contributed by atoms with van der Waals surface area (Å²) >= 11 is 0. The standard InChI is InChI=1S/C15H12N6O7S/c1-28-12-7-11(21(23)24)13(29(25,26)27)8-10(12)20-14(17-18-19-20)15(22)16-9-5-3-2-4-6-9/h2-8H,1H3,(H,16,22)(H,25,26,27). The molecule has 0 atom stereocenters. The Morgan fingerprint density at radius 1 is 1.28 bits per heavy atom. The van der Waals surface area contributed by atoms with E-state index < -0.39 is 31.5 Å². The van der Waals surface area contributed by atoms with Crippen LogP contribution in [0.3, 0.4) is 0 Å². The number of nitro benzene ring substituents is 1. The van der Waals surface area contributed by atoms with Gasteiger partial charge < -0.3 is 10.1 Å². The number of rotatable bonds is 6. The lowest BCUT2D eigenvalue weighted by molar-refractivity contribution is -0.388. The zero-order valence-corrected chi connectivity index (χ0v) is 15.4. The summed E-state index contributed by atoms with van der Waals surface area (Å²) in [5.41, 5.74) is -0.688. The molecule has 150 valence electrons. The number of nitrogens with zero attached hydrogens (tertiary/aromatic N) is 5. The first-order chi connectivity index (χ1) is 13.7. The lowest BCUT2D eigenvalue weighted by Gasteiger charge is -2.11. The normalized spacial score (nSPS) is 11.1. The number of tetrazole rings is 1. The van der Waals surface area contributed by atoms with E-state index in [0.29, 0.717) is 5.69 Å². The predicted molar refractivity (Wildman–Crippen MR) is 96.6 cm³/mol. The summed E-state index contributed by atoms with van der Waals surface area (Å²) in [5, 5.41) is 24.3. The summed E-state index contributed by atoms with van der Waals surface area (Å²) in [6.07, 6.45) is 0. The fourth-order valence-corrected chi connectivity index (χ4v) is 3.07. The molecule has 3 rings (SSSR count). The molecule has 2 N–H and O–H groups in total. The Balaban J connectivity index is 2.14. The Kier molecular flexibility index (Phi) is 5.20. The first kappa shape index (κ1) is 19.8. The second-order valence-electron chi connectivity index (χ2n) is 5.46.